The van der Waals surface area contributed by atoms with E-state index in [1.165, 1.54) is 13.2 Å². The molecule has 1 N–H and O–H groups in total. The highest BCUT2D eigenvalue weighted by Crippen LogP contribution is 2.28. The molecule has 0 saturated heterocycles. The number of carbonyl (C=O) groups is 1. The van der Waals surface area contributed by atoms with Gasteiger partial charge in [0.1, 0.15) is 11.8 Å². The van der Waals surface area contributed by atoms with Crippen LogP contribution >= 0.6 is 0 Å². The molecule has 7 heteroatoms. The number of nitriles is 1. The Bertz CT molecular complexity index is 934. The van der Waals surface area contributed by atoms with Crippen LogP contribution in [0.15, 0.2) is 48.5 Å². The molecule has 0 aromatic heterocycles. The molecule has 2 aromatic carbocycles. The summed E-state index contributed by atoms with van der Waals surface area (Å²) in [6.07, 6.45) is 2.45. The van der Waals surface area contributed by atoms with Gasteiger partial charge in [-0.1, -0.05) is 24.3 Å². The fourth-order valence-electron chi connectivity index (χ4n) is 2.98. The van der Waals surface area contributed by atoms with E-state index in [1.807, 2.05) is 37.3 Å². The van der Waals surface area contributed by atoms with E-state index in [-0.39, 0.29) is 19.1 Å². The zero-order valence-corrected chi connectivity index (χ0v) is 18.1. The Balaban J connectivity index is 2.19. The van der Waals surface area contributed by atoms with Crippen LogP contribution in [-0.2, 0) is 11.3 Å². The lowest BCUT2D eigenvalue weighted by molar-refractivity contribution is -0.127. The zero-order valence-electron chi connectivity index (χ0n) is 18.1. The molecule has 0 heterocycles. The van der Waals surface area contributed by atoms with Crippen molar-refractivity contribution >= 4 is 12.0 Å². The number of para-hydroxylation sites is 1. The molecule has 0 aliphatic rings. The molecule has 1 atom stereocenters. The molecule has 0 unspecified atom stereocenters. The minimum Gasteiger partial charge on any atom is -0.494 e. The average Bonchev–Trinajstić information content (AvgIpc) is 2.76. The van der Waals surface area contributed by atoms with Gasteiger partial charge in [0.05, 0.1) is 19.8 Å². The molecule has 0 aliphatic carbocycles. The number of rotatable bonds is 11. The second kappa shape index (κ2) is 12.3. The van der Waals surface area contributed by atoms with E-state index in [4.69, 9.17) is 19.5 Å². The summed E-state index contributed by atoms with van der Waals surface area (Å²) < 4.78 is 16.3. The summed E-state index contributed by atoms with van der Waals surface area (Å²) in [7, 11) is 1.51. The molecule has 0 radical (unpaired) electrons. The molecule has 164 valence electrons. The SMILES string of the molecule is CCOc1ccccc1CN(C[C@H](C)O)C(=O)/C=C/c1ccc(OCC#N)c(OC)c1. The molecule has 7 nitrogen and oxygen atoms in total. The maximum absolute atomic E-state index is 12.9. The van der Waals surface area contributed by atoms with Gasteiger partial charge in [0.15, 0.2) is 18.1 Å². The van der Waals surface area contributed by atoms with Gasteiger partial charge in [-0.15, -0.1) is 0 Å². The molecule has 0 bridgehead atoms. The van der Waals surface area contributed by atoms with E-state index in [9.17, 15) is 9.90 Å². The predicted octanol–water partition coefficient (Wildman–Crippen LogP) is 3.42. The standard InChI is InChI=1S/C24H28N2O5/c1-4-30-21-8-6-5-7-20(21)17-26(16-18(2)27)24(28)12-10-19-9-11-22(31-14-13-25)23(15-19)29-3/h5-12,15,18,27H,4,14,16-17H2,1-3H3/b12-10+/t18-/m0/s1. The van der Waals surface area contributed by atoms with Crippen LogP contribution in [0.5, 0.6) is 17.2 Å². The van der Waals surface area contributed by atoms with Crippen LogP contribution in [0.25, 0.3) is 6.08 Å². The van der Waals surface area contributed by atoms with Gasteiger partial charge in [-0.3, -0.25) is 4.79 Å². The molecule has 0 fully saturated rings. The first-order valence-electron chi connectivity index (χ1n) is 10.0. The molecule has 2 rings (SSSR count). The summed E-state index contributed by atoms with van der Waals surface area (Å²) >= 11 is 0. The van der Waals surface area contributed by atoms with E-state index in [1.54, 1.807) is 36.1 Å². The first kappa shape index (κ1) is 23.8. The lowest BCUT2D eigenvalue weighted by atomic mass is 10.1. The number of carbonyl (C=O) groups excluding carboxylic acids is 1. The summed E-state index contributed by atoms with van der Waals surface area (Å²) in [5.74, 6) is 1.40. The van der Waals surface area contributed by atoms with Gasteiger partial charge in [-0.05, 0) is 43.7 Å². The molecular formula is C24H28N2O5. The molecule has 1 amide bonds. The van der Waals surface area contributed by atoms with Gasteiger partial charge in [0.25, 0.3) is 0 Å². The van der Waals surface area contributed by atoms with Crippen LogP contribution in [0.3, 0.4) is 0 Å². The summed E-state index contributed by atoms with van der Waals surface area (Å²) in [5.41, 5.74) is 1.61. The monoisotopic (exact) mass is 424 g/mol. The Morgan fingerprint density at radius 2 is 1.97 bits per heavy atom. The molecular weight excluding hydrogens is 396 g/mol. The van der Waals surface area contributed by atoms with Crippen LogP contribution in [0.4, 0.5) is 0 Å². The topological polar surface area (TPSA) is 92.0 Å². The Labute approximate surface area is 183 Å². The van der Waals surface area contributed by atoms with E-state index < -0.39 is 6.10 Å². The van der Waals surface area contributed by atoms with E-state index in [0.717, 1.165) is 16.9 Å². The molecule has 0 saturated carbocycles. The maximum atomic E-state index is 12.9. The van der Waals surface area contributed by atoms with Crippen molar-refractivity contribution in [2.45, 2.75) is 26.5 Å². The number of aliphatic hydroxyl groups is 1. The van der Waals surface area contributed by atoms with Crippen molar-refractivity contribution < 1.29 is 24.1 Å². The predicted molar refractivity (Wildman–Crippen MR) is 118 cm³/mol. The van der Waals surface area contributed by atoms with Crippen molar-refractivity contribution in [3.63, 3.8) is 0 Å². The maximum Gasteiger partial charge on any atom is 0.246 e. The van der Waals surface area contributed by atoms with Crippen molar-refractivity contribution in [2.75, 3.05) is 26.9 Å². The molecule has 31 heavy (non-hydrogen) atoms. The Morgan fingerprint density at radius 3 is 2.65 bits per heavy atom. The highest BCUT2D eigenvalue weighted by molar-refractivity contribution is 5.92. The summed E-state index contributed by atoms with van der Waals surface area (Å²) in [6.45, 7) is 4.49. The van der Waals surface area contributed by atoms with Gasteiger partial charge >= 0.3 is 0 Å². The van der Waals surface area contributed by atoms with Gasteiger partial charge in [-0.2, -0.15) is 5.26 Å². The number of nitrogens with zero attached hydrogens (tertiary/aromatic N) is 2. The van der Waals surface area contributed by atoms with Gasteiger partial charge in [0.2, 0.25) is 5.91 Å². The second-order valence-electron chi connectivity index (χ2n) is 6.80. The van der Waals surface area contributed by atoms with Gasteiger partial charge in [-0.25, -0.2) is 0 Å². The second-order valence-corrected chi connectivity index (χ2v) is 6.80. The fraction of sp³-hybridized carbons (Fsp3) is 0.333. The smallest absolute Gasteiger partial charge is 0.246 e. The summed E-state index contributed by atoms with van der Waals surface area (Å²) in [4.78, 5) is 14.5. The van der Waals surface area contributed by atoms with Gasteiger partial charge in [0, 0.05) is 24.7 Å². The van der Waals surface area contributed by atoms with Gasteiger partial charge < -0.3 is 24.2 Å². The number of ether oxygens (including phenoxy) is 3. The number of amides is 1. The first-order valence-corrected chi connectivity index (χ1v) is 10.0. The fourth-order valence-corrected chi connectivity index (χ4v) is 2.98. The van der Waals surface area contributed by atoms with Crippen LogP contribution in [0.1, 0.15) is 25.0 Å². The summed E-state index contributed by atoms with van der Waals surface area (Å²) in [6, 6.07) is 14.6. The van der Waals surface area contributed by atoms with Crippen LogP contribution in [0, 0.1) is 11.3 Å². The highest BCUT2D eigenvalue weighted by Gasteiger charge is 2.16. The molecule has 0 aliphatic heterocycles. The Morgan fingerprint density at radius 1 is 1.19 bits per heavy atom. The first-order chi connectivity index (χ1) is 15.0. The third-order valence-corrected chi connectivity index (χ3v) is 4.33. The lowest BCUT2D eigenvalue weighted by Crippen LogP contribution is -2.35. The van der Waals surface area contributed by atoms with E-state index in [0.29, 0.717) is 24.7 Å². The largest absolute Gasteiger partial charge is 0.494 e. The lowest BCUT2D eigenvalue weighted by Gasteiger charge is -2.24. The molecule has 2 aromatic rings. The van der Waals surface area contributed by atoms with Crippen molar-refractivity contribution in [3.8, 4) is 23.3 Å². The number of benzene rings is 2. The average molecular weight is 424 g/mol. The van der Waals surface area contributed by atoms with Crippen LogP contribution in [-0.4, -0.2) is 48.9 Å². The normalized spacial score (nSPS) is 11.6. The Hall–Kier alpha value is -3.50. The highest BCUT2D eigenvalue weighted by atomic mass is 16.5. The minimum absolute atomic E-state index is 0.0818. The van der Waals surface area contributed by atoms with Crippen LogP contribution in [0.2, 0.25) is 0 Å². The van der Waals surface area contributed by atoms with Crippen molar-refractivity contribution in [3.05, 3.63) is 59.7 Å². The number of hydrogen-bond donors (Lipinski definition) is 1. The van der Waals surface area contributed by atoms with Crippen LogP contribution < -0.4 is 14.2 Å². The number of methoxy groups -OCH3 is 1. The quantitative estimate of drug-likeness (QED) is 0.556. The van der Waals surface area contributed by atoms with E-state index in [2.05, 4.69) is 0 Å². The molecule has 0 spiro atoms. The van der Waals surface area contributed by atoms with Crippen molar-refractivity contribution in [2.24, 2.45) is 0 Å². The minimum atomic E-state index is -0.673. The third kappa shape index (κ3) is 7.36. The van der Waals surface area contributed by atoms with E-state index >= 15 is 0 Å². The zero-order chi connectivity index (χ0) is 22.6. The van der Waals surface area contributed by atoms with Crippen molar-refractivity contribution in [1.82, 2.24) is 4.90 Å². The summed E-state index contributed by atoms with van der Waals surface area (Å²) in [5, 5.41) is 18.5. The van der Waals surface area contributed by atoms with Crippen molar-refractivity contribution in [1.29, 1.82) is 5.26 Å². The third-order valence-electron chi connectivity index (χ3n) is 4.33. The number of aliphatic hydroxyl groups excluding tert-OH is 1. The number of hydrogen-bond acceptors (Lipinski definition) is 6. The Kier molecular flexibility index (Phi) is 9.40.